The zero-order valence-electron chi connectivity index (χ0n) is 10.5. The molecule has 0 saturated heterocycles. The zero-order chi connectivity index (χ0) is 14.1. The summed E-state index contributed by atoms with van der Waals surface area (Å²) in [6.45, 7) is 1.58. The molecule has 0 saturated carbocycles. The Morgan fingerprint density at radius 2 is 1.80 bits per heavy atom. The van der Waals surface area contributed by atoms with Crippen molar-refractivity contribution in [2.45, 2.75) is 5.92 Å². The Morgan fingerprint density at radius 3 is 2.55 bits per heavy atom. The lowest BCUT2D eigenvalue weighted by atomic mass is 10.0. The summed E-state index contributed by atoms with van der Waals surface area (Å²) < 4.78 is 8.81. The first-order chi connectivity index (χ1) is 9.65. The van der Waals surface area contributed by atoms with Crippen molar-refractivity contribution in [1.29, 1.82) is 0 Å². The molecule has 0 radical (unpaired) electrons. The molecule has 0 aromatic heterocycles. The van der Waals surface area contributed by atoms with Crippen molar-refractivity contribution in [3.05, 3.63) is 55.4 Å². The molecule has 0 amide bonds. The number of anilines is 1. The molecule has 1 atom stereocenters. The minimum absolute atomic E-state index is 0.383. The van der Waals surface area contributed by atoms with Gasteiger partial charge in [-0.25, -0.2) is 0 Å². The molecular formula is C15H12Br3NO. The van der Waals surface area contributed by atoms with Crippen LogP contribution in [0, 0.1) is 0 Å². The number of ether oxygens (including phenoxy) is 1. The molecule has 3 rings (SSSR count). The smallest absolute Gasteiger partial charge is 0.122 e. The summed E-state index contributed by atoms with van der Waals surface area (Å²) in [5.74, 6) is 1.39. The molecule has 20 heavy (non-hydrogen) atoms. The maximum Gasteiger partial charge on any atom is 0.122 e. The number of hydrogen-bond donors (Lipinski definition) is 1. The average Bonchev–Trinajstić information content (AvgIpc) is 2.81. The van der Waals surface area contributed by atoms with Gasteiger partial charge in [-0.3, -0.25) is 0 Å². The van der Waals surface area contributed by atoms with Crippen molar-refractivity contribution in [2.24, 2.45) is 0 Å². The van der Waals surface area contributed by atoms with Crippen LogP contribution in [0.5, 0.6) is 5.75 Å². The van der Waals surface area contributed by atoms with Crippen LogP contribution >= 0.6 is 47.8 Å². The first kappa shape index (κ1) is 14.4. The molecule has 0 spiro atoms. The zero-order valence-corrected chi connectivity index (χ0v) is 15.3. The number of fused-ring (bicyclic) bond motifs is 1. The van der Waals surface area contributed by atoms with Crippen LogP contribution in [0.25, 0.3) is 0 Å². The molecule has 1 aliphatic rings. The van der Waals surface area contributed by atoms with Crippen LogP contribution in [0.15, 0.2) is 49.8 Å². The Bertz CT molecular complexity index is 622. The topological polar surface area (TPSA) is 21.3 Å². The van der Waals surface area contributed by atoms with E-state index in [2.05, 4.69) is 65.2 Å². The molecule has 2 aromatic rings. The number of nitrogens with one attached hydrogen (secondary N) is 1. The highest BCUT2D eigenvalue weighted by Crippen LogP contribution is 2.37. The summed E-state index contributed by atoms with van der Waals surface area (Å²) >= 11 is 10.6. The van der Waals surface area contributed by atoms with Crippen LogP contribution in [-0.2, 0) is 0 Å². The summed E-state index contributed by atoms with van der Waals surface area (Å²) in [5, 5.41) is 3.50. The number of halogens is 3. The third kappa shape index (κ3) is 2.90. The van der Waals surface area contributed by atoms with Crippen LogP contribution in [-0.4, -0.2) is 13.2 Å². The van der Waals surface area contributed by atoms with E-state index in [0.717, 1.165) is 38.0 Å². The normalized spacial score (nSPS) is 16.6. The number of rotatable bonds is 3. The van der Waals surface area contributed by atoms with E-state index in [1.807, 2.05) is 24.3 Å². The molecule has 0 bridgehead atoms. The number of benzene rings is 2. The second kappa shape index (κ2) is 6.08. The lowest BCUT2D eigenvalue weighted by Gasteiger charge is -2.15. The van der Waals surface area contributed by atoms with E-state index in [4.69, 9.17) is 4.74 Å². The summed E-state index contributed by atoms with van der Waals surface area (Å²) in [6, 6.07) is 12.3. The van der Waals surface area contributed by atoms with Gasteiger partial charge < -0.3 is 10.1 Å². The molecule has 1 N–H and O–H groups in total. The van der Waals surface area contributed by atoms with E-state index in [9.17, 15) is 0 Å². The van der Waals surface area contributed by atoms with Gasteiger partial charge in [0, 0.05) is 31.4 Å². The first-order valence-electron chi connectivity index (χ1n) is 6.25. The Morgan fingerprint density at radius 1 is 1.10 bits per heavy atom. The molecule has 5 heteroatoms. The Balaban J connectivity index is 1.76. The highest BCUT2D eigenvalue weighted by molar-refractivity contribution is 9.11. The quantitative estimate of drug-likeness (QED) is 0.646. The van der Waals surface area contributed by atoms with Crippen molar-refractivity contribution in [3.8, 4) is 5.75 Å². The van der Waals surface area contributed by atoms with E-state index in [1.165, 1.54) is 5.56 Å². The predicted molar refractivity (Wildman–Crippen MR) is 92.7 cm³/mol. The van der Waals surface area contributed by atoms with E-state index >= 15 is 0 Å². The van der Waals surface area contributed by atoms with E-state index < -0.39 is 0 Å². The average molecular weight is 462 g/mol. The summed E-state index contributed by atoms with van der Waals surface area (Å²) in [4.78, 5) is 0. The third-order valence-electron chi connectivity index (χ3n) is 3.33. The SMILES string of the molecule is Brc1cc(Br)c(NCC2COc3ccccc32)c(Br)c1. The molecule has 1 heterocycles. The van der Waals surface area contributed by atoms with Crippen molar-refractivity contribution >= 4 is 53.5 Å². The molecule has 1 unspecified atom stereocenters. The summed E-state index contributed by atoms with van der Waals surface area (Å²) in [5.41, 5.74) is 2.35. The van der Waals surface area contributed by atoms with Crippen LogP contribution in [0.2, 0.25) is 0 Å². The van der Waals surface area contributed by atoms with Crippen LogP contribution in [0.1, 0.15) is 11.5 Å². The van der Waals surface area contributed by atoms with Crippen molar-refractivity contribution in [3.63, 3.8) is 0 Å². The fourth-order valence-electron chi connectivity index (χ4n) is 2.33. The van der Waals surface area contributed by atoms with Crippen molar-refractivity contribution in [2.75, 3.05) is 18.5 Å². The van der Waals surface area contributed by atoms with Gasteiger partial charge in [0.1, 0.15) is 5.75 Å². The predicted octanol–water partition coefficient (Wildman–Crippen LogP) is 5.56. The van der Waals surface area contributed by atoms with Crippen molar-refractivity contribution < 1.29 is 4.74 Å². The van der Waals surface area contributed by atoms with Gasteiger partial charge in [-0.2, -0.15) is 0 Å². The van der Waals surface area contributed by atoms with Gasteiger partial charge in [0.2, 0.25) is 0 Å². The Kier molecular flexibility index (Phi) is 4.38. The number of hydrogen-bond acceptors (Lipinski definition) is 2. The highest BCUT2D eigenvalue weighted by atomic mass is 79.9. The fourth-order valence-corrected chi connectivity index (χ4v) is 4.87. The molecule has 2 nitrogen and oxygen atoms in total. The Labute approximate surface area is 143 Å². The monoisotopic (exact) mass is 459 g/mol. The minimum atomic E-state index is 0.383. The lowest BCUT2D eigenvalue weighted by Crippen LogP contribution is -2.14. The fraction of sp³-hybridized carbons (Fsp3) is 0.200. The second-order valence-corrected chi connectivity index (χ2v) is 7.30. The highest BCUT2D eigenvalue weighted by Gasteiger charge is 2.23. The van der Waals surface area contributed by atoms with Gasteiger partial charge in [0.25, 0.3) is 0 Å². The van der Waals surface area contributed by atoms with E-state index in [1.54, 1.807) is 0 Å². The minimum Gasteiger partial charge on any atom is -0.493 e. The lowest BCUT2D eigenvalue weighted by molar-refractivity contribution is 0.334. The summed E-state index contributed by atoms with van der Waals surface area (Å²) in [6.07, 6.45) is 0. The van der Waals surface area contributed by atoms with Gasteiger partial charge in [0.05, 0.1) is 12.3 Å². The van der Waals surface area contributed by atoms with Crippen LogP contribution < -0.4 is 10.1 Å². The standard InChI is InChI=1S/C15H12Br3NO/c16-10-5-12(17)15(13(18)6-10)19-7-9-8-20-14-4-2-1-3-11(9)14/h1-6,9,19H,7-8H2. The largest absolute Gasteiger partial charge is 0.493 e. The molecule has 0 fully saturated rings. The molecule has 2 aromatic carbocycles. The van der Waals surface area contributed by atoms with E-state index in [0.29, 0.717) is 5.92 Å². The summed E-state index contributed by atoms with van der Waals surface area (Å²) in [7, 11) is 0. The molecule has 104 valence electrons. The third-order valence-corrected chi connectivity index (χ3v) is 5.04. The van der Waals surface area contributed by atoms with Crippen molar-refractivity contribution in [1.82, 2.24) is 0 Å². The first-order valence-corrected chi connectivity index (χ1v) is 8.63. The van der Waals surface area contributed by atoms with Gasteiger partial charge in [-0.15, -0.1) is 0 Å². The van der Waals surface area contributed by atoms with Crippen LogP contribution in [0.3, 0.4) is 0 Å². The van der Waals surface area contributed by atoms with Gasteiger partial charge >= 0.3 is 0 Å². The second-order valence-electron chi connectivity index (χ2n) is 4.67. The van der Waals surface area contributed by atoms with Gasteiger partial charge in [-0.05, 0) is 50.1 Å². The molecule has 1 aliphatic heterocycles. The van der Waals surface area contributed by atoms with Crippen LogP contribution in [0.4, 0.5) is 5.69 Å². The maximum absolute atomic E-state index is 5.71. The van der Waals surface area contributed by atoms with Gasteiger partial charge in [0.15, 0.2) is 0 Å². The Hall–Kier alpha value is -0.520. The van der Waals surface area contributed by atoms with E-state index in [-0.39, 0.29) is 0 Å². The maximum atomic E-state index is 5.71. The van der Waals surface area contributed by atoms with Gasteiger partial charge in [-0.1, -0.05) is 34.1 Å². The molecular weight excluding hydrogens is 450 g/mol. The number of para-hydroxylation sites is 1. The molecule has 0 aliphatic carbocycles.